The van der Waals surface area contributed by atoms with Crippen molar-refractivity contribution in [2.45, 2.75) is 13.5 Å². The summed E-state index contributed by atoms with van der Waals surface area (Å²) in [5.74, 6) is 0.537. The summed E-state index contributed by atoms with van der Waals surface area (Å²) >= 11 is 0. The van der Waals surface area contributed by atoms with Crippen LogP contribution in [0.25, 0.3) is 22.5 Å². The average molecular weight is 403 g/mol. The number of hydrogen-bond acceptors (Lipinski definition) is 5. The average Bonchev–Trinajstić information content (AvgIpc) is 3.36. The minimum Gasteiger partial charge on any atom is -0.463 e. The van der Waals surface area contributed by atoms with Crippen LogP contribution in [0, 0.1) is 6.92 Å². The summed E-state index contributed by atoms with van der Waals surface area (Å²) in [7, 11) is 7.66. The van der Waals surface area contributed by atoms with E-state index in [9.17, 15) is 4.79 Å². The van der Waals surface area contributed by atoms with Crippen LogP contribution in [0.4, 0.5) is 5.69 Å². The number of nitrogens with zero attached hydrogens (tertiary/aromatic N) is 5. The molecule has 4 rings (SSSR count). The molecule has 0 bridgehead atoms. The van der Waals surface area contributed by atoms with Crippen molar-refractivity contribution in [3.8, 4) is 11.5 Å². The van der Waals surface area contributed by atoms with Crippen molar-refractivity contribution >= 4 is 22.6 Å². The topological polar surface area (TPSA) is 67.4 Å². The number of benzene rings is 1. The van der Waals surface area contributed by atoms with Crippen LogP contribution in [-0.2, 0) is 13.6 Å². The molecular weight excluding hydrogens is 378 g/mol. The van der Waals surface area contributed by atoms with Gasteiger partial charge in [-0.1, -0.05) is 12.1 Å². The van der Waals surface area contributed by atoms with Gasteiger partial charge in [0.15, 0.2) is 11.4 Å². The van der Waals surface area contributed by atoms with E-state index >= 15 is 0 Å². The van der Waals surface area contributed by atoms with E-state index in [0.717, 1.165) is 22.3 Å². The molecular formula is C23H25N5O2. The van der Waals surface area contributed by atoms with Gasteiger partial charge < -0.3 is 14.2 Å². The second-order valence-electron chi connectivity index (χ2n) is 7.66. The maximum atomic E-state index is 13.4. The monoisotopic (exact) mass is 403 g/mol. The molecule has 0 aliphatic carbocycles. The van der Waals surface area contributed by atoms with Crippen LogP contribution in [0.1, 0.15) is 21.6 Å². The highest BCUT2D eigenvalue weighted by Crippen LogP contribution is 2.28. The summed E-state index contributed by atoms with van der Waals surface area (Å²) in [6.07, 6.45) is 1.60. The summed E-state index contributed by atoms with van der Waals surface area (Å²) in [6.45, 7) is 2.40. The predicted octanol–water partition coefficient (Wildman–Crippen LogP) is 3.87. The number of hydrogen-bond donors (Lipinski definition) is 0. The Morgan fingerprint density at radius 2 is 1.87 bits per heavy atom. The van der Waals surface area contributed by atoms with Crippen LogP contribution in [0.5, 0.6) is 0 Å². The van der Waals surface area contributed by atoms with Crippen LogP contribution in [0.3, 0.4) is 0 Å². The fourth-order valence-corrected chi connectivity index (χ4v) is 3.61. The molecule has 3 aromatic heterocycles. The standard InChI is InChI=1S/C23H25N5O2/c1-15-21-18(13-19(20-7-6-12-30-20)24-22(21)28(5)25-15)23(29)27(4)14-16-8-10-17(11-9-16)26(2)3/h6-13H,14H2,1-5H3. The lowest BCUT2D eigenvalue weighted by Gasteiger charge is -2.19. The van der Waals surface area contributed by atoms with Crippen molar-refractivity contribution < 1.29 is 9.21 Å². The van der Waals surface area contributed by atoms with Crippen LogP contribution < -0.4 is 4.90 Å². The molecule has 3 heterocycles. The Morgan fingerprint density at radius 1 is 1.13 bits per heavy atom. The molecule has 0 spiro atoms. The molecule has 1 amide bonds. The molecule has 154 valence electrons. The van der Waals surface area contributed by atoms with Crippen molar-refractivity contribution in [3.05, 3.63) is 65.5 Å². The first-order chi connectivity index (χ1) is 14.3. The van der Waals surface area contributed by atoms with E-state index in [4.69, 9.17) is 4.42 Å². The van der Waals surface area contributed by atoms with Gasteiger partial charge in [0.1, 0.15) is 5.69 Å². The quantitative estimate of drug-likeness (QED) is 0.506. The zero-order chi connectivity index (χ0) is 21.4. The first-order valence-electron chi connectivity index (χ1n) is 9.75. The van der Waals surface area contributed by atoms with Crippen molar-refractivity contribution in [2.24, 2.45) is 7.05 Å². The van der Waals surface area contributed by atoms with Gasteiger partial charge in [0.25, 0.3) is 5.91 Å². The Bertz CT molecular complexity index is 1190. The molecule has 0 fully saturated rings. The number of amides is 1. The lowest BCUT2D eigenvalue weighted by atomic mass is 10.1. The van der Waals surface area contributed by atoms with Gasteiger partial charge in [-0.2, -0.15) is 5.10 Å². The Kier molecular flexibility index (Phi) is 5.03. The fourth-order valence-electron chi connectivity index (χ4n) is 3.61. The predicted molar refractivity (Wildman–Crippen MR) is 118 cm³/mol. The molecule has 0 saturated heterocycles. The maximum Gasteiger partial charge on any atom is 0.254 e. The first kappa shape index (κ1) is 19.7. The highest BCUT2D eigenvalue weighted by molar-refractivity contribution is 6.07. The van der Waals surface area contributed by atoms with Crippen molar-refractivity contribution in [3.63, 3.8) is 0 Å². The van der Waals surface area contributed by atoms with E-state index in [-0.39, 0.29) is 5.91 Å². The van der Waals surface area contributed by atoms with E-state index in [1.165, 1.54) is 0 Å². The van der Waals surface area contributed by atoms with E-state index in [1.807, 2.05) is 58.2 Å². The van der Waals surface area contributed by atoms with Crippen LogP contribution in [0.2, 0.25) is 0 Å². The van der Waals surface area contributed by atoms with Gasteiger partial charge in [0.05, 0.1) is 22.9 Å². The minimum atomic E-state index is -0.0806. The summed E-state index contributed by atoms with van der Waals surface area (Å²) in [6, 6.07) is 13.6. The van der Waals surface area contributed by atoms with E-state index < -0.39 is 0 Å². The molecule has 0 atom stereocenters. The Labute approximate surface area is 175 Å². The van der Waals surface area contributed by atoms with Crippen LogP contribution in [0.15, 0.2) is 53.1 Å². The maximum absolute atomic E-state index is 13.4. The number of anilines is 1. The summed E-state index contributed by atoms with van der Waals surface area (Å²) in [4.78, 5) is 21.9. The second kappa shape index (κ2) is 7.67. The van der Waals surface area contributed by atoms with Gasteiger partial charge in [-0.05, 0) is 42.8 Å². The Hall–Kier alpha value is -3.61. The second-order valence-corrected chi connectivity index (χ2v) is 7.66. The SMILES string of the molecule is Cc1nn(C)c2nc(-c3ccco3)cc(C(=O)N(C)Cc3ccc(N(C)C)cc3)c12. The molecule has 0 aliphatic rings. The minimum absolute atomic E-state index is 0.0806. The van der Waals surface area contributed by atoms with Crippen LogP contribution in [-0.4, -0.2) is 46.7 Å². The Balaban J connectivity index is 1.71. The third-order valence-corrected chi connectivity index (χ3v) is 5.19. The zero-order valence-electron chi connectivity index (χ0n) is 17.9. The smallest absolute Gasteiger partial charge is 0.254 e. The molecule has 4 aromatic rings. The van der Waals surface area contributed by atoms with E-state index in [1.54, 1.807) is 28.0 Å². The number of rotatable bonds is 5. The molecule has 0 aliphatic heterocycles. The third kappa shape index (κ3) is 3.54. The lowest BCUT2D eigenvalue weighted by Crippen LogP contribution is -2.26. The molecule has 0 saturated carbocycles. The summed E-state index contributed by atoms with van der Waals surface area (Å²) in [5, 5.41) is 5.24. The highest BCUT2D eigenvalue weighted by atomic mass is 16.3. The molecule has 0 unspecified atom stereocenters. The number of carbonyl (C=O) groups is 1. The zero-order valence-corrected chi connectivity index (χ0v) is 17.9. The van der Waals surface area contributed by atoms with Gasteiger partial charge in [-0.25, -0.2) is 4.98 Å². The molecule has 1 aromatic carbocycles. The van der Waals surface area contributed by atoms with Gasteiger partial charge in [-0.15, -0.1) is 0 Å². The number of fused-ring (bicyclic) bond motifs is 1. The normalized spacial score (nSPS) is 11.1. The molecule has 7 nitrogen and oxygen atoms in total. The van der Waals surface area contributed by atoms with Crippen molar-refractivity contribution in [2.75, 3.05) is 26.0 Å². The number of pyridine rings is 1. The number of aromatic nitrogens is 3. The van der Waals surface area contributed by atoms with Crippen LogP contribution >= 0.6 is 0 Å². The molecule has 7 heteroatoms. The molecule has 0 N–H and O–H groups in total. The fraction of sp³-hybridized carbons (Fsp3) is 0.261. The van der Waals surface area contributed by atoms with Gasteiger partial charge in [-0.3, -0.25) is 9.48 Å². The highest BCUT2D eigenvalue weighted by Gasteiger charge is 2.22. The molecule has 0 radical (unpaired) electrons. The first-order valence-corrected chi connectivity index (χ1v) is 9.75. The van der Waals surface area contributed by atoms with Gasteiger partial charge >= 0.3 is 0 Å². The molecule has 30 heavy (non-hydrogen) atoms. The summed E-state index contributed by atoms with van der Waals surface area (Å²) < 4.78 is 7.22. The summed E-state index contributed by atoms with van der Waals surface area (Å²) in [5.41, 5.74) is 4.81. The number of aryl methyl sites for hydroxylation is 2. The van der Waals surface area contributed by atoms with Gasteiger partial charge in [0, 0.05) is 40.4 Å². The lowest BCUT2D eigenvalue weighted by molar-refractivity contribution is 0.0787. The largest absolute Gasteiger partial charge is 0.463 e. The van der Waals surface area contributed by atoms with E-state index in [0.29, 0.717) is 29.2 Å². The Morgan fingerprint density at radius 3 is 2.50 bits per heavy atom. The number of carbonyl (C=O) groups excluding carboxylic acids is 1. The van der Waals surface area contributed by atoms with Gasteiger partial charge in [0.2, 0.25) is 0 Å². The van der Waals surface area contributed by atoms with Crippen molar-refractivity contribution in [1.29, 1.82) is 0 Å². The van der Waals surface area contributed by atoms with Crippen molar-refractivity contribution in [1.82, 2.24) is 19.7 Å². The van der Waals surface area contributed by atoms with E-state index in [2.05, 4.69) is 22.2 Å². The number of furan rings is 1. The third-order valence-electron chi connectivity index (χ3n) is 5.19.